The first kappa shape index (κ1) is 12.7. The maximum Gasteiger partial charge on any atom is 0.182 e. The third-order valence-electron chi connectivity index (χ3n) is 2.66. The molecule has 1 atom stereocenters. The van der Waals surface area contributed by atoms with Crippen LogP contribution in [0.2, 0.25) is 0 Å². The van der Waals surface area contributed by atoms with Crippen molar-refractivity contribution in [2.24, 2.45) is 0 Å². The quantitative estimate of drug-likeness (QED) is 0.818. The predicted octanol–water partition coefficient (Wildman–Crippen LogP) is 0.609. The van der Waals surface area contributed by atoms with E-state index in [2.05, 4.69) is 15.5 Å². The zero-order chi connectivity index (χ0) is 13.1. The Hall–Kier alpha value is -1.76. The molecule has 0 saturated heterocycles. The second kappa shape index (κ2) is 5.26. The zero-order valence-corrected chi connectivity index (χ0v) is 11.1. The summed E-state index contributed by atoms with van der Waals surface area (Å²) in [6, 6.07) is 5.71. The summed E-state index contributed by atoms with van der Waals surface area (Å²) in [4.78, 5) is 0. The zero-order valence-electron chi connectivity index (χ0n) is 10.3. The molecular weight excluding hydrogens is 250 g/mol. The first-order chi connectivity index (χ1) is 8.58. The third kappa shape index (κ3) is 2.73. The van der Waals surface area contributed by atoms with E-state index in [0.29, 0.717) is 23.8 Å². The summed E-state index contributed by atoms with van der Waals surface area (Å²) in [5.74, 6) is 1.17. The molecule has 0 saturated carbocycles. The molecule has 2 N–H and O–H groups in total. The number of anilines is 1. The van der Waals surface area contributed by atoms with Crippen molar-refractivity contribution in [2.75, 3.05) is 17.7 Å². The molecule has 0 radical (unpaired) electrons. The van der Waals surface area contributed by atoms with Crippen LogP contribution in [0.25, 0.3) is 11.4 Å². The van der Waals surface area contributed by atoms with E-state index in [0.717, 1.165) is 11.1 Å². The summed E-state index contributed by atoms with van der Waals surface area (Å²) in [6.07, 6.45) is 1.66. The number of rotatable bonds is 4. The van der Waals surface area contributed by atoms with Crippen LogP contribution >= 0.6 is 0 Å². The summed E-state index contributed by atoms with van der Waals surface area (Å²) in [7, 11) is -0.864. The van der Waals surface area contributed by atoms with E-state index >= 15 is 0 Å². The number of aryl methyl sites for hydroxylation is 2. The SMILES string of the molecule is Cc1ccc(-c2nnnn2CCS(C)=O)cc1N. The Labute approximate surface area is 108 Å². The fraction of sp³-hybridized carbons (Fsp3) is 0.364. The Morgan fingerprint density at radius 1 is 1.44 bits per heavy atom. The Bertz CT molecular complexity index is 581. The molecule has 0 amide bonds. The molecule has 1 aromatic heterocycles. The van der Waals surface area contributed by atoms with Crippen molar-refractivity contribution >= 4 is 16.5 Å². The van der Waals surface area contributed by atoms with Gasteiger partial charge in [-0.1, -0.05) is 12.1 Å². The lowest BCUT2D eigenvalue weighted by molar-refractivity contribution is 0.625. The summed E-state index contributed by atoms with van der Waals surface area (Å²) in [5.41, 5.74) is 8.47. The standard InChI is InChI=1S/C11H15N5OS/c1-8-3-4-9(7-10(8)12)11-13-14-15-16(11)5-6-18(2)17/h3-4,7H,5-6,12H2,1-2H3. The maximum absolute atomic E-state index is 11.1. The van der Waals surface area contributed by atoms with Crippen LogP contribution in [0.1, 0.15) is 5.56 Å². The molecule has 2 rings (SSSR count). The third-order valence-corrected chi connectivity index (χ3v) is 3.42. The van der Waals surface area contributed by atoms with E-state index in [9.17, 15) is 4.21 Å². The van der Waals surface area contributed by atoms with Gasteiger partial charge < -0.3 is 5.73 Å². The number of nitrogen functional groups attached to an aromatic ring is 1. The number of nitrogens with zero attached hydrogens (tertiary/aromatic N) is 4. The summed E-state index contributed by atoms with van der Waals surface area (Å²) >= 11 is 0. The molecule has 18 heavy (non-hydrogen) atoms. The van der Waals surface area contributed by atoms with E-state index in [-0.39, 0.29) is 0 Å². The van der Waals surface area contributed by atoms with Gasteiger partial charge >= 0.3 is 0 Å². The highest BCUT2D eigenvalue weighted by Crippen LogP contribution is 2.21. The molecule has 1 unspecified atom stereocenters. The van der Waals surface area contributed by atoms with Crippen molar-refractivity contribution in [3.63, 3.8) is 0 Å². The number of aromatic nitrogens is 4. The maximum atomic E-state index is 11.1. The molecule has 2 aromatic rings. The minimum absolute atomic E-state index is 0.527. The Kier molecular flexibility index (Phi) is 3.71. The lowest BCUT2D eigenvalue weighted by atomic mass is 10.1. The second-order valence-corrected chi connectivity index (χ2v) is 5.63. The van der Waals surface area contributed by atoms with Gasteiger partial charge in [-0.2, -0.15) is 0 Å². The van der Waals surface area contributed by atoms with E-state index in [1.54, 1.807) is 10.9 Å². The average molecular weight is 265 g/mol. The lowest BCUT2D eigenvalue weighted by Crippen LogP contribution is -2.09. The Morgan fingerprint density at radius 2 is 2.22 bits per heavy atom. The monoisotopic (exact) mass is 265 g/mol. The summed E-state index contributed by atoms with van der Waals surface area (Å²) in [5, 5.41) is 11.5. The number of benzene rings is 1. The van der Waals surface area contributed by atoms with Gasteiger partial charge in [0, 0.05) is 34.1 Å². The van der Waals surface area contributed by atoms with Gasteiger partial charge in [-0.25, -0.2) is 4.68 Å². The highest BCUT2D eigenvalue weighted by molar-refractivity contribution is 7.84. The van der Waals surface area contributed by atoms with Crippen molar-refractivity contribution in [2.45, 2.75) is 13.5 Å². The number of hydrogen-bond donors (Lipinski definition) is 1. The molecule has 0 bridgehead atoms. The van der Waals surface area contributed by atoms with E-state index in [4.69, 9.17) is 5.73 Å². The second-order valence-electron chi connectivity index (χ2n) is 4.07. The number of nitrogens with two attached hydrogens (primary N) is 1. The predicted molar refractivity (Wildman–Crippen MR) is 71.3 cm³/mol. The van der Waals surface area contributed by atoms with E-state index in [1.165, 1.54) is 0 Å². The van der Waals surface area contributed by atoms with Crippen LogP contribution in [0.5, 0.6) is 0 Å². The Balaban J connectivity index is 2.30. The molecule has 0 fully saturated rings. The van der Waals surface area contributed by atoms with Gasteiger partial charge in [0.05, 0.1) is 6.54 Å². The van der Waals surface area contributed by atoms with E-state index in [1.807, 2.05) is 25.1 Å². The van der Waals surface area contributed by atoms with Crippen LogP contribution in [0.15, 0.2) is 18.2 Å². The molecule has 96 valence electrons. The van der Waals surface area contributed by atoms with Crippen LogP contribution in [-0.2, 0) is 17.3 Å². The summed E-state index contributed by atoms with van der Waals surface area (Å²) < 4.78 is 12.7. The van der Waals surface area contributed by atoms with Gasteiger partial charge in [0.25, 0.3) is 0 Å². The highest BCUT2D eigenvalue weighted by atomic mass is 32.2. The van der Waals surface area contributed by atoms with Gasteiger partial charge in [-0.3, -0.25) is 4.21 Å². The van der Waals surface area contributed by atoms with Crippen molar-refractivity contribution in [3.05, 3.63) is 23.8 Å². The van der Waals surface area contributed by atoms with Gasteiger partial charge in [0.2, 0.25) is 0 Å². The van der Waals surface area contributed by atoms with E-state index < -0.39 is 10.8 Å². The minimum Gasteiger partial charge on any atom is -0.398 e. The van der Waals surface area contributed by atoms with Gasteiger partial charge in [0.1, 0.15) is 0 Å². The van der Waals surface area contributed by atoms with Gasteiger partial charge in [-0.05, 0) is 29.0 Å². The molecule has 1 aromatic carbocycles. The van der Waals surface area contributed by atoms with Crippen LogP contribution in [0.3, 0.4) is 0 Å². The molecule has 0 aliphatic rings. The fourth-order valence-corrected chi connectivity index (χ4v) is 1.99. The number of tetrazole rings is 1. The molecule has 0 aliphatic carbocycles. The fourth-order valence-electron chi connectivity index (χ4n) is 1.56. The largest absolute Gasteiger partial charge is 0.398 e. The first-order valence-electron chi connectivity index (χ1n) is 5.50. The van der Waals surface area contributed by atoms with Crippen LogP contribution in [-0.4, -0.2) is 36.4 Å². The first-order valence-corrected chi connectivity index (χ1v) is 7.23. The van der Waals surface area contributed by atoms with Crippen LogP contribution in [0.4, 0.5) is 5.69 Å². The topological polar surface area (TPSA) is 86.7 Å². The molecule has 6 nitrogen and oxygen atoms in total. The lowest BCUT2D eigenvalue weighted by Gasteiger charge is -2.05. The molecule has 7 heteroatoms. The van der Waals surface area contributed by atoms with Crippen molar-refractivity contribution < 1.29 is 4.21 Å². The normalized spacial score (nSPS) is 12.6. The molecule has 1 heterocycles. The molecule has 0 spiro atoms. The van der Waals surface area contributed by atoms with Crippen molar-refractivity contribution in [1.82, 2.24) is 20.2 Å². The van der Waals surface area contributed by atoms with Gasteiger partial charge in [0.15, 0.2) is 5.82 Å². The summed E-state index contributed by atoms with van der Waals surface area (Å²) in [6.45, 7) is 2.47. The van der Waals surface area contributed by atoms with Crippen molar-refractivity contribution in [3.8, 4) is 11.4 Å². The molecular formula is C11H15N5OS. The van der Waals surface area contributed by atoms with Gasteiger partial charge in [-0.15, -0.1) is 5.10 Å². The molecule has 0 aliphatic heterocycles. The highest BCUT2D eigenvalue weighted by Gasteiger charge is 2.10. The average Bonchev–Trinajstić information content (AvgIpc) is 2.78. The smallest absolute Gasteiger partial charge is 0.182 e. The van der Waals surface area contributed by atoms with Crippen LogP contribution in [0, 0.1) is 6.92 Å². The Morgan fingerprint density at radius 3 is 2.89 bits per heavy atom. The minimum atomic E-state index is -0.864. The van der Waals surface area contributed by atoms with Crippen LogP contribution < -0.4 is 5.73 Å². The van der Waals surface area contributed by atoms with Crippen molar-refractivity contribution in [1.29, 1.82) is 0 Å². The number of hydrogen-bond acceptors (Lipinski definition) is 5.